The van der Waals surface area contributed by atoms with E-state index in [0.29, 0.717) is 11.0 Å². The maximum Gasteiger partial charge on any atom is 0.257 e. The average Bonchev–Trinajstić information content (AvgIpc) is 3.13. The third kappa shape index (κ3) is 2.96. The molecule has 0 aliphatic carbocycles. The Labute approximate surface area is 142 Å². The van der Waals surface area contributed by atoms with Gasteiger partial charge in [-0.25, -0.2) is 4.68 Å². The van der Waals surface area contributed by atoms with Crippen molar-refractivity contribution in [3.05, 3.63) is 48.3 Å². The van der Waals surface area contributed by atoms with Gasteiger partial charge in [-0.1, -0.05) is 18.2 Å². The largest absolute Gasteiger partial charge is 0.339 e. The molecule has 0 bridgehead atoms. The lowest BCUT2D eigenvalue weighted by atomic mass is 9.71. The third-order valence-electron chi connectivity index (χ3n) is 5.63. The molecule has 1 aromatic heterocycles. The third-order valence-corrected chi connectivity index (χ3v) is 5.63. The van der Waals surface area contributed by atoms with E-state index in [1.165, 1.54) is 12.8 Å². The van der Waals surface area contributed by atoms with Crippen LogP contribution in [-0.2, 0) is 0 Å². The minimum atomic E-state index is 0.112. The Morgan fingerprint density at radius 1 is 1.04 bits per heavy atom. The smallest absolute Gasteiger partial charge is 0.257 e. The number of para-hydroxylation sites is 1. The Morgan fingerprint density at radius 2 is 1.75 bits per heavy atom. The van der Waals surface area contributed by atoms with Gasteiger partial charge >= 0.3 is 0 Å². The molecule has 126 valence electrons. The van der Waals surface area contributed by atoms with Crippen LogP contribution in [0.3, 0.4) is 0 Å². The zero-order valence-corrected chi connectivity index (χ0v) is 13.9. The van der Waals surface area contributed by atoms with Gasteiger partial charge < -0.3 is 10.2 Å². The fourth-order valence-electron chi connectivity index (χ4n) is 3.98. The summed E-state index contributed by atoms with van der Waals surface area (Å²) in [5.41, 5.74) is 2.12. The number of hydrogen-bond donors (Lipinski definition) is 1. The van der Waals surface area contributed by atoms with Gasteiger partial charge in [-0.2, -0.15) is 5.10 Å². The van der Waals surface area contributed by atoms with Crippen LogP contribution in [0.2, 0.25) is 0 Å². The average molecular weight is 324 g/mol. The molecule has 2 aromatic rings. The molecule has 2 aliphatic rings. The van der Waals surface area contributed by atoms with Gasteiger partial charge in [0.15, 0.2) is 0 Å². The van der Waals surface area contributed by atoms with E-state index >= 15 is 0 Å². The summed E-state index contributed by atoms with van der Waals surface area (Å²) >= 11 is 0. The number of hydrogen-bond acceptors (Lipinski definition) is 3. The Morgan fingerprint density at radius 3 is 2.46 bits per heavy atom. The molecule has 2 saturated heterocycles. The predicted molar refractivity (Wildman–Crippen MR) is 93.2 cm³/mol. The molecule has 5 heteroatoms. The molecular weight excluding hydrogens is 300 g/mol. The van der Waals surface area contributed by atoms with Gasteiger partial charge in [-0.15, -0.1) is 0 Å². The number of carbonyl (C=O) groups excluding carboxylic acids is 1. The second kappa shape index (κ2) is 6.40. The molecule has 1 aromatic carbocycles. The minimum Gasteiger partial charge on any atom is -0.339 e. The summed E-state index contributed by atoms with van der Waals surface area (Å²) in [6, 6.07) is 9.90. The van der Waals surface area contributed by atoms with E-state index in [4.69, 9.17) is 0 Å². The van der Waals surface area contributed by atoms with Crippen LogP contribution in [0.5, 0.6) is 0 Å². The van der Waals surface area contributed by atoms with Crippen molar-refractivity contribution in [3.8, 4) is 5.69 Å². The van der Waals surface area contributed by atoms with Gasteiger partial charge in [0, 0.05) is 19.3 Å². The van der Waals surface area contributed by atoms with Crippen molar-refractivity contribution in [2.24, 2.45) is 5.41 Å². The Hall–Kier alpha value is -2.14. The highest BCUT2D eigenvalue weighted by Gasteiger charge is 2.36. The van der Waals surface area contributed by atoms with Crippen LogP contribution < -0.4 is 5.32 Å². The number of carbonyl (C=O) groups is 1. The molecule has 1 amide bonds. The molecule has 24 heavy (non-hydrogen) atoms. The van der Waals surface area contributed by atoms with Crippen LogP contribution in [0.15, 0.2) is 42.7 Å². The molecule has 4 rings (SSSR count). The highest BCUT2D eigenvalue weighted by molar-refractivity contribution is 5.93. The van der Waals surface area contributed by atoms with Gasteiger partial charge in [0.05, 0.1) is 17.4 Å². The second-order valence-electron chi connectivity index (χ2n) is 7.05. The van der Waals surface area contributed by atoms with Crippen LogP contribution in [0, 0.1) is 5.41 Å². The first-order chi connectivity index (χ1) is 11.8. The summed E-state index contributed by atoms with van der Waals surface area (Å²) in [7, 11) is 0. The van der Waals surface area contributed by atoms with E-state index in [2.05, 4.69) is 10.4 Å². The van der Waals surface area contributed by atoms with Crippen molar-refractivity contribution in [1.82, 2.24) is 20.0 Å². The molecule has 0 unspecified atom stereocenters. The van der Waals surface area contributed by atoms with Crippen LogP contribution in [0.4, 0.5) is 0 Å². The quantitative estimate of drug-likeness (QED) is 0.923. The fraction of sp³-hybridized carbons (Fsp3) is 0.474. The van der Waals surface area contributed by atoms with Gasteiger partial charge in [-0.3, -0.25) is 4.79 Å². The van der Waals surface area contributed by atoms with Crippen LogP contribution >= 0.6 is 0 Å². The zero-order chi connectivity index (χ0) is 16.4. The van der Waals surface area contributed by atoms with E-state index in [1.807, 2.05) is 41.4 Å². The Balaban J connectivity index is 1.43. The molecule has 1 spiro atoms. The fourth-order valence-corrected chi connectivity index (χ4v) is 3.98. The number of benzene rings is 1. The molecule has 0 saturated carbocycles. The first-order valence-electron chi connectivity index (χ1n) is 8.86. The first kappa shape index (κ1) is 15.4. The van der Waals surface area contributed by atoms with Crippen molar-refractivity contribution in [2.45, 2.75) is 25.7 Å². The molecule has 5 nitrogen and oxygen atoms in total. The van der Waals surface area contributed by atoms with E-state index in [0.717, 1.165) is 44.7 Å². The van der Waals surface area contributed by atoms with Crippen LogP contribution in [0.1, 0.15) is 36.0 Å². The number of amides is 1. The zero-order valence-electron chi connectivity index (χ0n) is 13.9. The summed E-state index contributed by atoms with van der Waals surface area (Å²) in [5, 5.41) is 7.79. The van der Waals surface area contributed by atoms with Crippen molar-refractivity contribution in [3.63, 3.8) is 0 Å². The van der Waals surface area contributed by atoms with Crippen molar-refractivity contribution in [2.75, 3.05) is 26.2 Å². The van der Waals surface area contributed by atoms with Crippen molar-refractivity contribution >= 4 is 5.91 Å². The minimum absolute atomic E-state index is 0.112. The highest BCUT2D eigenvalue weighted by atomic mass is 16.2. The molecule has 2 aliphatic heterocycles. The Bertz CT molecular complexity index is 693. The summed E-state index contributed by atoms with van der Waals surface area (Å²) in [6.07, 6.45) is 8.29. The normalized spacial score (nSPS) is 20.2. The van der Waals surface area contributed by atoms with Crippen LogP contribution in [0.25, 0.3) is 5.69 Å². The molecule has 0 radical (unpaired) electrons. The number of aromatic nitrogens is 2. The lowest BCUT2D eigenvalue weighted by Crippen LogP contribution is -2.47. The summed E-state index contributed by atoms with van der Waals surface area (Å²) in [4.78, 5) is 14.8. The lowest BCUT2D eigenvalue weighted by molar-refractivity contribution is 0.0495. The van der Waals surface area contributed by atoms with E-state index in [-0.39, 0.29) is 5.91 Å². The SMILES string of the molecule is O=C(c1cnn(-c2ccccc2)c1)N1CCC2(CCNCC2)CC1. The number of piperidine rings is 2. The summed E-state index contributed by atoms with van der Waals surface area (Å²) in [6.45, 7) is 3.99. The Kier molecular flexibility index (Phi) is 4.10. The molecule has 0 atom stereocenters. The maximum atomic E-state index is 12.8. The lowest BCUT2D eigenvalue weighted by Gasteiger charge is -2.44. The molecule has 1 N–H and O–H groups in total. The van der Waals surface area contributed by atoms with Crippen molar-refractivity contribution in [1.29, 1.82) is 0 Å². The van der Waals surface area contributed by atoms with E-state index < -0.39 is 0 Å². The molecular formula is C19H24N4O. The number of nitrogens with one attached hydrogen (secondary N) is 1. The van der Waals surface area contributed by atoms with Crippen molar-refractivity contribution < 1.29 is 4.79 Å². The van der Waals surface area contributed by atoms with Gasteiger partial charge in [0.25, 0.3) is 5.91 Å². The number of nitrogens with zero attached hydrogens (tertiary/aromatic N) is 3. The topological polar surface area (TPSA) is 50.2 Å². The monoisotopic (exact) mass is 324 g/mol. The summed E-state index contributed by atoms with van der Waals surface area (Å²) in [5.74, 6) is 0.112. The summed E-state index contributed by atoms with van der Waals surface area (Å²) < 4.78 is 1.77. The van der Waals surface area contributed by atoms with Gasteiger partial charge in [-0.05, 0) is 56.3 Å². The molecule has 2 fully saturated rings. The van der Waals surface area contributed by atoms with Crippen LogP contribution in [-0.4, -0.2) is 46.8 Å². The molecule has 3 heterocycles. The van der Waals surface area contributed by atoms with Gasteiger partial charge in [0.1, 0.15) is 0 Å². The standard InChI is InChI=1S/C19H24N4O/c24-18(16-14-21-23(15-16)17-4-2-1-3-5-17)22-12-8-19(9-13-22)6-10-20-11-7-19/h1-5,14-15,20H,6-13H2. The van der Waals surface area contributed by atoms with E-state index in [9.17, 15) is 4.79 Å². The van der Waals surface area contributed by atoms with Gasteiger partial charge in [0.2, 0.25) is 0 Å². The first-order valence-corrected chi connectivity index (χ1v) is 8.86. The van der Waals surface area contributed by atoms with E-state index in [1.54, 1.807) is 10.9 Å². The second-order valence-corrected chi connectivity index (χ2v) is 7.05. The number of rotatable bonds is 2. The highest BCUT2D eigenvalue weighted by Crippen LogP contribution is 2.39. The maximum absolute atomic E-state index is 12.8. The predicted octanol–water partition coefficient (Wildman–Crippen LogP) is 2.48. The number of likely N-dealkylation sites (tertiary alicyclic amines) is 1.